The predicted octanol–water partition coefficient (Wildman–Crippen LogP) is 0.555. The Morgan fingerprint density at radius 3 is 2.89 bits per heavy atom. The molecule has 0 aliphatic carbocycles. The molecule has 19 heavy (non-hydrogen) atoms. The van der Waals surface area contributed by atoms with Gasteiger partial charge >= 0.3 is 0 Å². The van der Waals surface area contributed by atoms with E-state index in [1.807, 2.05) is 0 Å². The van der Waals surface area contributed by atoms with Gasteiger partial charge in [-0.15, -0.1) is 0 Å². The molecule has 1 unspecified atom stereocenters. The highest BCUT2D eigenvalue weighted by molar-refractivity contribution is 7.91. The summed E-state index contributed by atoms with van der Waals surface area (Å²) in [6, 6.07) is 2.91. The van der Waals surface area contributed by atoms with Crippen LogP contribution >= 0.6 is 0 Å². The zero-order valence-electron chi connectivity index (χ0n) is 10.7. The van der Waals surface area contributed by atoms with E-state index in [0.29, 0.717) is 19.6 Å². The van der Waals surface area contributed by atoms with E-state index >= 15 is 0 Å². The van der Waals surface area contributed by atoms with E-state index in [0.717, 1.165) is 0 Å². The number of methoxy groups -OCH3 is 1. The standard InChI is InChI=1S/C12H17NO5S/c1-17-7-5-13(10-4-8-19(15,16)9-10)12(14)11-3-2-6-18-11/h2-3,6,10H,4-5,7-9H2,1H3. The summed E-state index contributed by atoms with van der Waals surface area (Å²) in [5.74, 6) is 0.0833. The second-order valence-corrected chi connectivity index (χ2v) is 6.75. The van der Waals surface area contributed by atoms with Crippen LogP contribution in [-0.4, -0.2) is 57.0 Å². The van der Waals surface area contributed by atoms with Crippen molar-refractivity contribution in [2.24, 2.45) is 0 Å². The van der Waals surface area contributed by atoms with Gasteiger partial charge in [-0.25, -0.2) is 8.42 Å². The van der Waals surface area contributed by atoms with Crippen LogP contribution in [0.1, 0.15) is 17.0 Å². The van der Waals surface area contributed by atoms with Crippen LogP contribution in [0.4, 0.5) is 0 Å². The van der Waals surface area contributed by atoms with Crippen molar-refractivity contribution in [1.82, 2.24) is 4.90 Å². The molecule has 1 fully saturated rings. The van der Waals surface area contributed by atoms with Gasteiger partial charge in [0.25, 0.3) is 5.91 Å². The molecular formula is C12H17NO5S. The van der Waals surface area contributed by atoms with Crippen molar-refractivity contribution >= 4 is 15.7 Å². The third-order valence-electron chi connectivity index (χ3n) is 3.18. The lowest BCUT2D eigenvalue weighted by atomic mass is 10.2. The number of carbonyl (C=O) groups excluding carboxylic acids is 1. The lowest BCUT2D eigenvalue weighted by Gasteiger charge is -2.27. The number of ether oxygens (including phenoxy) is 1. The summed E-state index contributed by atoms with van der Waals surface area (Å²) in [6.45, 7) is 0.721. The average molecular weight is 287 g/mol. The van der Waals surface area contributed by atoms with E-state index in [2.05, 4.69) is 0 Å². The van der Waals surface area contributed by atoms with Crippen molar-refractivity contribution < 1.29 is 22.4 Å². The molecule has 1 aromatic rings. The van der Waals surface area contributed by atoms with Gasteiger partial charge in [0.15, 0.2) is 15.6 Å². The Hall–Kier alpha value is -1.34. The predicted molar refractivity (Wildman–Crippen MR) is 68.7 cm³/mol. The van der Waals surface area contributed by atoms with Crippen LogP contribution in [0.15, 0.2) is 22.8 Å². The second kappa shape index (κ2) is 5.75. The molecule has 106 valence electrons. The fourth-order valence-electron chi connectivity index (χ4n) is 2.20. The van der Waals surface area contributed by atoms with Crippen LogP contribution in [-0.2, 0) is 14.6 Å². The van der Waals surface area contributed by atoms with Gasteiger partial charge in [-0.05, 0) is 18.6 Å². The van der Waals surface area contributed by atoms with Crippen molar-refractivity contribution in [3.63, 3.8) is 0 Å². The number of amides is 1. The first-order chi connectivity index (χ1) is 9.03. The maximum Gasteiger partial charge on any atom is 0.289 e. The van der Waals surface area contributed by atoms with Gasteiger partial charge in [-0.2, -0.15) is 0 Å². The van der Waals surface area contributed by atoms with Crippen LogP contribution in [0.5, 0.6) is 0 Å². The monoisotopic (exact) mass is 287 g/mol. The van der Waals surface area contributed by atoms with Crippen LogP contribution in [0.2, 0.25) is 0 Å². The summed E-state index contributed by atoms with van der Waals surface area (Å²) in [4.78, 5) is 13.8. The van der Waals surface area contributed by atoms with Gasteiger partial charge in [0, 0.05) is 19.7 Å². The zero-order chi connectivity index (χ0) is 13.9. The zero-order valence-corrected chi connectivity index (χ0v) is 11.6. The summed E-state index contributed by atoms with van der Waals surface area (Å²) in [6.07, 6.45) is 1.89. The SMILES string of the molecule is COCCN(C(=O)c1ccco1)C1CCS(=O)(=O)C1. The second-order valence-electron chi connectivity index (χ2n) is 4.53. The first-order valence-corrected chi connectivity index (χ1v) is 7.89. The van der Waals surface area contributed by atoms with Crippen molar-refractivity contribution in [2.45, 2.75) is 12.5 Å². The third kappa shape index (κ3) is 3.36. The summed E-state index contributed by atoms with van der Waals surface area (Å²) in [5.41, 5.74) is 0. The number of hydrogen-bond acceptors (Lipinski definition) is 5. The molecule has 0 aromatic carbocycles. The molecule has 7 heteroatoms. The quantitative estimate of drug-likeness (QED) is 0.790. The Morgan fingerprint density at radius 1 is 1.58 bits per heavy atom. The van der Waals surface area contributed by atoms with Gasteiger partial charge in [-0.1, -0.05) is 0 Å². The molecule has 0 N–H and O–H groups in total. The van der Waals surface area contributed by atoms with Crippen LogP contribution in [0.3, 0.4) is 0 Å². The molecule has 1 aliphatic rings. The van der Waals surface area contributed by atoms with Gasteiger partial charge < -0.3 is 14.1 Å². The molecule has 0 spiro atoms. The molecule has 6 nitrogen and oxygen atoms in total. The first kappa shape index (κ1) is 14.1. The Labute approximate surface area is 112 Å². The van der Waals surface area contributed by atoms with Crippen molar-refractivity contribution in [1.29, 1.82) is 0 Å². The molecule has 1 atom stereocenters. The average Bonchev–Trinajstić information content (AvgIpc) is 2.99. The molecular weight excluding hydrogens is 270 g/mol. The molecule has 1 aliphatic heterocycles. The van der Waals surface area contributed by atoms with Gasteiger partial charge in [0.1, 0.15) is 0 Å². The van der Waals surface area contributed by atoms with Crippen molar-refractivity contribution in [3.8, 4) is 0 Å². The minimum Gasteiger partial charge on any atom is -0.459 e. The summed E-state index contributed by atoms with van der Waals surface area (Å²) >= 11 is 0. The van der Waals surface area contributed by atoms with E-state index in [9.17, 15) is 13.2 Å². The summed E-state index contributed by atoms with van der Waals surface area (Å²) < 4.78 is 33.1. The summed E-state index contributed by atoms with van der Waals surface area (Å²) in [7, 11) is -1.49. The molecule has 1 aromatic heterocycles. The smallest absolute Gasteiger partial charge is 0.289 e. The highest BCUT2D eigenvalue weighted by Gasteiger charge is 2.35. The van der Waals surface area contributed by atoms with Crippen LogP contribution in [0, 0.1) is 0 Å². The molecule has 2 heterocycles. The van der Waals surface area contributed by atoms with Crippen molar-refractivity contribution in [3.05, 3.63) is 24.2 Å². The normalized spacial score (nSPS) is 21.4. The number of furan rings is 1. The fraction of sp³-hybridized carbons (Fsp3) is 0.583. The Morgan fingerprint density at radius 2 is 2.37 bits per heavy atom. The maximum atomic E-state index is 12.3. The molecule has 2 rings (SSSR count). The van der Waals surface area contributed by atoms with Gasteiger partial charge in [0.05, 0.1) is 24.4 Å². The van der Waals surface area contributed by atoms with E-state index in [-0.39, 0.29) is 29.2 Å². The fourth-order valence-corrected chi connectivity index (χ4v) is 3.93. The number of rotatable bonds is 5. The van der Waals surface area contributed by atoms with E-state index < -0.39 is 9.84 Å². The Balaban J connectivity index is 2.14. The maximum absolute atomic E-state index is 12.3. The molecule has 1 amide bonds. The lowest BCUT2D eigenvalue weighted by molar-refractivity contribution is 0.0593. The minimum atomic E-state index is -3.03. The van der Waals surface area contributed by atoms with Gasteiger partial charge in [0.2, 0.25) is 0 Å². The van der Waals surface area contributed by atoms with E-state index in [1.165, 1.54) is 11.2 Å². The first-order valence-electron chi connectivity index (χ1n) is 6.07. The number of hydrogen-bond donors (Lipinski definition) is 0. The van der Waals surface area contributed by atoms with E-state index in [4.69, 9.17) is 9.15 Å². The number of carbonyl (C=O) groups is 1. The van der Waals surface area contributed by atoms with Crippen LogP contribution in [0.25, 0.3) is 0 Å². The van der Waals surface area contributed by atoms with Crippen LogP contribution < -0.4 is 0 Å². The van der Waals surface area contributed by atoms with E-state index in [1.54, 1.807) is 19.2 Å². The molecule has 1 saturated heterocycles. The Kier molecular flexibility index (Phi) is 4.26. The largest absolute Gasteiger partial charge is 0.459 e. The topological polar surface area (TPSA) is 76.8 Å². The molecule has 0 bridgehead atoms. The minimum absolute atomic E-state index is 0.0170. The number of nitrogens with zero attached hydrogens (tertiary/aromatic N) is 1. The highest BCUT2D eigenvalue weighted by atomic mass is 32.2. The lowest BCUT2D eigenvalue weighted by Crippen LogP contribution is -2.42. The number of sulfone groups is 1. The van der Waals surface area contributed by atoms with Crippen molar-refractivity contribution in [2.75, 3.05) is 31.8 Å². The molecule has 0 radical (unpaired) electrons. The van der Waals surface area contributed by atoms with Gasteiger partial charge in [-0.3, -0.25) is 4.79 Å². The Bertz CT molecular complexity index is 522. The highest BCUT2D eigenvalue weighted by Crippen LogP contribution is 2.20. The molecule has 0 saturated carbocycles. The third-order valence-corrected chi connectivity index (χ3v) is 4.93. The summed E-state index contributed by atoms with van der Waals surface area (Å²) in [5, 5.41) is 0.